The lowest BCUT2D eigenvalue weighted by molar-refractivity contribution is 1.72. The summed E-state index contributed by atoms with van der Waals surface area (Å²) in [5.41, 5.74) is 0. The lowest BCUT2D eigenvalue weighted by Crippen LogP contribution is -2.39. The molecule has 160 valence electrons. The third-order valence-electron chi connectivity index (χ3n) is 6.18. The van der Waals surface area contributed by atoms with Crippen molar-refractivity contribution in [2.45, 2.75) is 0 Å². The summed E-state index contributed by atoms with van der Waals surface area (Å²) in [5.74, 6) is 0. The van der Waals surface area contributed by atoms with Crippen LogP contribution in [0.4, 0.5) is 0 Å². The first kappa shape index (κ1) is 21.8. The van der Waals surface area contributed by atoms with Crippen LogP contribution in [-0.4, -0.2) is 6.66 Å². The summed E-state index contributed by atoms with van der Waals surface area (Å²) in [5, 5.41) is 8.53. The standard InChI is InChI=1S/C31H27P2/c1-33(28-20-10-4-11-21-28,29-22-12-5-13-23-29)31-25-15-14-24-30(31)32(26-16-6-2-7-17-26)27-18-8-3-9-19-27/h2-25H,1H3/q+1. The molecule has 5 aromatic rings. The molecule has 0 fully saturated rings. The van der Waals surface area contributed by atoms with Crippen molar-refractivity contribution in [2.75, 3.05) is 6.66 Å². The number of rotatable bonds is 6. The molecule has 0 atom stereocenters. The van der Waals surface area contributed by atoms with Gasteiger partial charge in [-0.3, -0.25) is 0 Å². The fourth-order valence-corrected chi connectivity index (χ4v) is 11.0. The van der Waals surface area contributed by atoms with E-state index in [4.69, 9.17) is 0 Å². The molecular formula is C31H27P2+. The average Bonchev–Trinajstić information content (AvgIpc) is 2.91. The van der Waals surface area contributed by atoms with Gasteiger partial charge in [0.2, 0.25) is 0 Å². The lowest BCUT2D eigenvalue weighted by atomic mass is 10.3. The van der Waals surface area contributed by atoms with Crippen LogP contribution in [0.1, 0.15) is 0 Å². The second-order valence-electron chi connectivity index (χ2n) is 8.17. The minimum absolute atomic E-state index is 0.684. The van der Waals surface area contributed by atoms with Crippen LogP contribution in [0, 0.1) is 0 Å². The fourth-order valence-electron chi connectivity index (χ4n) is 4.49. The van der Waals surface area contributed by atoms with Gasteiger partial charge in [0.25, 0.3) is 0 Å². The second kappa shape index (κ2) is 9.84. The smallest absolute Gasteiger partial charge is 0.0622 e. The SMILES string of the molecule is C[P+](c1ccccc1)(c1ccccc1)c1ccccc1P(c1ccccc1)c1ccccc1. The predicted molar refractivity (Wildman–Crippen MR) is 150 cm³/mol. The second-order valence-corrected chi connectivity index (χ2v) is 13.9. The van der Waals surface area contributed by atoms with Crippen molar-refractivity contribution >= 4 is 47.0 Å². The van der Waals surface area contributed by atoms with E-state index in [0.29, 0.717) is 0 Å². The summed E-state index contributed by atoms with van der Waals surface area (Å²) < 4.78 is 0. The molecule has 5 rings (SSSR count). The zero-order valence-corrected chi connectivity index (χ0v) is 20.5. The Morgan fingerprint density at radius 3 is 1.24 bits per heavy atom. The van der Waals surface area contributed by atoms with Crippen LogP contribution in [-0.2, 0) is 0 Å². The van der Waals surface area contributed by atoms with Gasteiger partial charge in [-0.15, -0.1) is 0 Å². The van der Waals surface area contributed by atoms with E-state index in [-0.39, 0.29) is 0 Å². The van der Waals surface area contributed by atoms with Crippen LogP contribution in [0.25, 0.3) is 0 Å². The molecule has 0 aliphatic heterocycles. The molecule has 0 aromatic heterocycles. The van der Waals surface area contributed by atoms with E-state index in [1.807, 2.05) is 0 Å². The van der Waals surface area contributed by atoms with Gasteiger partial charge in [-0.2, -0.15) is 0 Å². The van der Waals surface area contributed by atoms with E-state index in [0.717, 1.165) is 0 Å². The van der Waals surface area contributed by atoms with Crippen molar-refractivity contribution in [1.29, 1.82) is 0 Å². The molecule has 33 heavy (non-hydrogen) atoms. The van der Waals surface area contributed by atoms with E-state index < -0.39 is 15.2 Å². The monoisotopic (exact) mass is 461 g/mol. The number of hydrogen-bond donors (Lipinski definition) is 0. The van der Waals surface area contributed by atoms with Gasteiger partial charge in [-0.05, 0) is 54.9 Å². The molecule has 0 radical (unpaired) electrons. The zero-order chi connectivity index (χ0) is 22.5. The molecule has 0 saturated carbocycles. The highest BCUT2D eigenvalue weighted by atomic mass is 31.2. The van der Waals surface area contributed by atoms with Gasteiger partial charge in [0.1, 0.15) is 23.2 Å². The van der Waals surface area contributed by atoms with Gasteiger partial charge in [0.05, 0.1) is 6.66 Å². The molecule has 0 heterocycles. The summed E-state index contributed by atoms with van der Waals surface area (Å²) in [6, 6.07) is 53.4. The Bertz CT molecular complexity index is 1220. The van der Waals surface area contributed by atoms with Crippen LogP contribution in [0.2, 0.25) is 0 Å². The Balaban J connectivity index is 1.80. The molecule has 2 heteroatoms. The summed E-state index contributed by atoms with van der Waals surface area (Å²) >= 11 is 0. The van der Waals surface area contributed by atoms with Gasteiger partial charge in [0, 0.05) is 5.30 Å². The van der Waals surface area contributed by atoms with E-state index in [9.17, 15) is 0 Å². The topological polar surface area (TPSA) is 0 Å². The van der Waals surface area contributed by atoms with Crippen molar-refractivity contribution in [3.63, 3.8) is 0 Å². The first-order valence-corrected chi connectivity index (χ1v) is 14.8. The van der Waals surface area contributed by atoms with Crippen molar-refractivity contribution in [2.24, 2.45) is 0 Å². The van der Waals surface area contributed by atoms with Gasteiger partial charge >= 0.3 is 0 Å². The number of benzene rings is 5. The Hall–Kier alpha value is -3.04. The van der Waals surface area contributed by atoms with E-state index in [2.05, 4.69) is 152 Å². The molecule has 0 nitrogen and oxygen atoms in total. The largest absolute Gasteiger partial charge is 0.112 e. The third-order valence-corrected chi connectivity index (χ3v) is 12.9. The van der Waals surface area contributed by atoms with Crippen molar-refractivity contribution in [3.8, 4) is 0 Å². The third kappa shape index (κ3) is 4.30. The molecule has 0 aliphatic rings. The summed E-state index contributed by atoms with van der Waals surface area (Å²) in [6.45, 7) is 2.49. The first-order valence-electron chi connectivity index (χ1n) is 11.3. The highest BCUT2D eigenvalue weighted by molar-refractivity contribution is 7.96. The first-order chi connectivity index (χ1) is 16.3. The Labute approximate surface area is 199 Å². The molecule has 5 aromatic carbocycles. The van der Waals surface area contributed by atoms with E-state index >= 15 is 0 Å². The zero-order valence-electron chi connectivity index (χ0n) is 18.8. The Morgan fingerprint density at radius 1 is 0.424 bits per heavy atom. The normalized spacial score (nSPS) is 11.5. The van der Waals surface area contributed by atoms with Crippen LogP contribution < -0.4 is 31.8 Å². The molecule has 0 bridgehead atoms. The molecule has 0 N–H and O–H groups in total. The van der Waals surface area contributed by atoms with E-state index in [1.54, 1.807) is 0 Å². The predicted octanol–water partition coefficient (Wildman–Crippen LogP) is 5.37. The quantitative estimate of drug-likeness (QED) is 0.298. The van der Waals surface area contributed by atoms with Crippen LogP contribution in [0.3, 0.4) is 0 Å². The van der Waals surface area contributed by atoms with Gasteiger partial charge in [-0.25, -0.2) is 0 Å². The molecular weight excluding hydrogens is 434 g/mol. The highest BCUT2D eigenvalue weighted by Gasteiger charge is 2.43. The molecule has 0 unspecified atom stereocenters. The molecule has 0 amide bonds. The summed E-state index contributed by atoms with van der Waals surface area (Å²) in [7, 11) is -2.53. The van der Waals surface area contributed by atoms with Gasteiger partial charge in [0.15, 0.2) is 0 Å². The van der Waals surface area contributed by atoms with Crippen molar-refractivity contribution in [1.82, 2.24) is 0 Å². The maximum Gasteiger partial charge on any atom is 0.112 e. The minimum Gasteiger partial charge on any atom is -0.0622 e. The van der Waals surface area contributed by atoms with Gasteiger partial charge in [-0.1, -0.05) is 109 Å². The maximum absolute atomic E-state index is 2.49. The van der Waals surface area contributed by atoms with Crippen LogP contribution in [0.5, 0.6) is 0 Å². The Morgan fingerprint density at radius 2 is 0.788 bits per heavy atom. The lowest BCUT2D eigenvalue weighted by Gasteiger charge is -2.28. The van der Waals surface area contributed by atoms with Crippen LogP contribution >= 0.6 is 15.2 Å². The average molecular weight is 462 g/mol. The van der Waals surface area contributed by atoms with Crippen LogP contribution in [0.15, 0.2) is 146 Å². The summed E-state index contributed by atoms with van der Waals surface area (Å²) in [6.07, 6.45) is 0. The fraction of sp³-hybridized carbons (Fsp3) is 0.0323. The molecule has 0 spiro atoms. The Kier molecular flexibility index (Phi) is 6.50. The van der Waals surface area contributed by atoms with Gasteiger partial charge < -0.3 is 0 Å². The maximum atomic E-state index is 2.49. The van der Waals surface area contributed by atoms with Crippen molar-refractivity contribution in [3.05, 3.63) is 146 Å². The molecule has 0 saturated heterocycles. The minimum atomic E-state index is -1.84. The molecule has 0 aliphatic carbocycles. The number of hydrogen-bond acceptors (Lipinski definition) is 0. The summed E-state index contributed by atoms with van der Waals surface area (Å²) in [4.78, 5) is 0. The highest BCUT2D eigenvalue weighted by Crippen LogP contribution is 2.52. The van der Waals surface area contributed by atoms with Crippen molar-refractivity contribution < 1.29 is 0 Å². The van der Waals surface area contributed by atoms with E-state index in [1.165, 1.54) is 31.8 Å².